The van der Waals surface area contributed by atoms with Crippen LogP contribution in [0.1, 0.15) is 16.7 Å². The fourth-order valence-corrected chi connectivity index (χ4v) is 3.08. The van der Waals surface area contributed by atoms with Crippen molar-refractivity contribution in [2.24, 2.45) is 0 Å². The molecule has 1 aliphatic rings. The van der Waals surface area contributed by atoms with Crippen molar-refractivity contribution >= 4 is 15.9 Å². The van der Waals surface area contributed by atoms with Crippen LogP contribution in [-0.2, 0) is 19.5 Å². The van der Waals surface area contributed by atoms with E-state index in [2.05, 4.69) is 27.3 Å². The van der Waals surface area contributed by atoms with Crippen molar-refractivity contribution in [3.8, 4) is 5.75 Å². The molecule has 0 amide bonds. The third kappa shape index (κ3) is 3.41. The molecule has 2 aromatic carbocycles. The van der Waals surface area contributed by atoms with E-state index in [-0.39, 0.29) is 0 Å². The van der Waals surface area contributed by atoms with Crippen molar-refractivity contribution in [3.05, 3.63) is 63.1 Å². The van der Waals surface area contributed by atoms with E-state index in [1.165, 1.54) is 17.7 Å². The molecular weight excluding hydrogens is 340 g/mol. The highest BCUT2D eigenvalue weighted by Crippen LogP contribution is 2.32. The summed E-state index contributed by atoms with van der Waals surface area (Å²) in [6, 6.07) is 7.60. The molecule has 0 spiro atoms. The molecule has 0 saturated heterocycles. The fraction of sp³-hybridized carbons (Fsp3) is 0.250. The largest absolute Gasteiger partial charge is 0.493 e. The maximum absolute atomic E-state index is 13.1. The molecule has 110 valence electrons. The molecule has 1 heterocycles. The molecule has 1 aliphatic heterocycles. The molecule has 2 aromatic rings. The van der Waals surface area contributed by atoms with Gasteiger partial charge in [0.2, 0.25) is 0 Å². The van der Waals surface area contributed by atoms with E-state index in [1.54, 1.807) is 0 Å². The lowest BCUT2D eigenvalue weighted by atomic mass is 10.1. The van der Waals surface area contributed by atoms with Crippen LogP contribution in [0.15, 0.2) is 34.8 Å². The third-order valence-electron chi connectivity index (χ3n) is 3.39. The van der Waals surface area contributed by atoms with E-state index in [1.807, 2.05) is 6.07 Å². The molecular formula is C16H14BrF2NO. The molecule has 5 heteroatoms. The van der Waals surface area contributed by atoms with Crippen LogP contribution >= 0.6 is 15.9 Å². The van der Waals surface area contributed by atoms with Gasteiger partial charge in [-0.2, -0.15) is 0 Å². The Bertz CT molecular complexity index is 655. The normalized spacial score (nSPS) is 13.1. The first kappa shape index (κ1) is 14.5. The second-order valence-electron chi connectivity index (χ2n) is 5.03. The van der Waals surface area contributed by atoms with Crippen LogP contribution in [0.4, 0.5) is 8.78 Å². The number of hydrogen-bond donors (Lipinski definition) is 1. The maximum atomic E-state index is 13.1. The molecule has 1 N–H and O–H groups in total. The predicted molar refractivity (Wildman–Crippen MR) is 80.2 cm³/mol. The van der Waals surface area contributed by atoms with Crippen LogP contribution < -0.4 is 10.1 Å². The van der Waals surface area contributed by atoms with Gasteiger partial charge in [-0.25, -0.2) is 8.78 Å². The summed E-state index contributed by atoms with van der Waals surface area (Å²) in [6.45, 7) is 1.68. The molecule has 0 aliphatic carbocycles. The lowest BCUT2D eigenvalue weighted by molar-refractivity contribution is 0.352. The molecule has 0 unspecified atom stereocenters. The van der Waals surface area contributed by atoms with Crippen molar-refractivity contribution in [3.63, 3.8) is 0 Å². The summed E-state index contributed by atoms with van der Waals surface area (Å²) in [5.74, 6) is -0.187. The quantitative estimate of drug-likeness (QED) is 0.898. The van der Waals surface area contributed by atoms with Crippen molar-refractivity contribution in [1.82, 2.24) is 5.32 Å². The van der Waals surface area contributed by atoms with Crippen LogP contribution in [0.2, 0.25) is 0 Å². The summed E-state index contributed by atoms with van der Waals surface area (Å²) >= 11 is 3.49. The lowest BCUT2D eigenvalue weighted by Crippen LogP contribution is -2.13. The Kier molecular flexibility index (Phi) is 4.22. The number of hydrogen-bond acceptors (Lipinski definition) is 2. The summed E-state index contributed by atoms with van der Waals surface area (Å²) in [6.07, 6.45) is 0.914. The van der Waals surface area contributed by atoms with E-state index in [4.69, 9.17) is 4.74 Å². The van der Waals surface area contributed by atoms with Crippen LogP contribution in [0.3, 0.4) is 0 Å². The van der Waals surface area contributed by atoms with E-state index < -0.39 is 11.6 Å². The average molecular weight is 354 g/mol. The van der Waals surface area contributed by atoms with Crippen molar-refractivity contribution < 1.29 is 13.5 Å². The second kappa shape index (κ2) is 6.12. The number of nitrogens with one attached hydrogen (secondary N) is 1. The Morgan fingerprint density at radius 2 is 1.81 bits per heavy atom. The average Bonchev–Trinajstić information content (AvgIpc) is 2.85. The molecule has 0 aromatic heterocycles. The van der Waals surface area contributed by atoms with Crippen molar-refractivity contribution in [2.45, 2.75) is 19.5 Å². The van der Waals surface area contributed by atoms with Crippen molar-refractivity contribution in [2.75, 3.05) is 6.61 Å². The van der Waals surface area contributed by atoms with E-state index >= 15 is 0 Å². The van der Waals surface area contributed by atoms with Gasteiger partial charge in [-0.05, 0) is 35.4 Å². The minimum atomic E-state index is -0.557. The van der Waals surface area contributed by atoms with Gasteiger partial charge >= 0.3 is 0 Å². The first-order valence-electron chi connectivity index (χ1n) is 6.71. The maximum Gasteiger partial charge on any atom is 0.127 e. The number of rotatable bonds is 4. The highest BCUT2D eigenvalue weighted by Gasteiger charge is 2.17. The van der Waals surface area contributed by atoms with Gasteiger partial charge in [0.15, 0.2) is 0 Å². The topological polar surface area (TPSA) is 21.3 Å². The van der Waals surface area contributed by atoms with E-state index in [9.17, 15) is 8.78 Å². The van der Waals surface area contributed by atoms with Gasteiger partial charge < -0.3 is 10.1 Å². The Balaban J connectivity index is 1.68. The van der Waals surface area contributed by atoms with Crippen LogP contribution in [-0.4, -0.2) is 6.61 Å². The van der Waals surface area contributed by atoms with Gasteiger partial charge in [-0.3, -0.25) is 0 Å². The SMILES string of the molecule is Fc1cc(F)cc(CNCc2cc(Br)cc3c2OCC3)c1. The van der Waals surface area contributed by atoms with Crippen LogP contribution in [0.5, 0.6) is 5.75 Å². The zero-order chi connectivity index (χ0) is 14.8. The standard InChI is InChI=1S/C16H14BrF2NO/c17-13-5-11-1-2-21-16(11)12(6-13)9-20-8-10-3-14(18)7-15(19)4-10/h3-7,20H,1-2,8-9H2. The monoisotopic (exact) mass is 353 g/mol. The Hall–Kier alpha value is -1.46. The summed E-state index contributed by atoms with van der Waals surface area (Å²) in [5.41, 5.74) is 2.83. The molecule has 3 rings (SSSR count). The molecule has 21 heavy (non-hydrogen) atoms. The minimum Gasteiger partial charge on any atom is -0.493 e. The predicted octanol–water partition coefficient (Wildman–Crippen LogP) is 3.95. The Morgan fingerprint density at radius 3 is 2.57 bits per heavy atom. The van der Waals surface area contributed by atoms with Crippen LogP contribution in [0.25, 0.3) is 0 Å². The van der Waals surface area contributed by atoms with Gasteiger partial charge in [0.25, 0.3) is 0 Å². The highest BCUT2D eigenvalue weighted by atomic mass is 79.9. The number of fused-ring (bicyclic) bond motifs is 1. The van der Waals surface area contributed by atoms with Gasteiger partial charge in [0.05, 0.1) is 6.61 Å². The van der Waals surface area contributed by atoms with Gasteiger partial charge in [0.1, 0.15) is 17.4 Å². The summed E-state index contributed by atoms with van der Waals surface area (Å²) in [7, 11) is 0. The zero-order valence-corrected chi connectivity index (χ0v) is 12.8. The smallest absolute Gasteiger partial charge is 0.127 e. The fourth-order valence-electron chi connectivity index (χ4n) is 2.53. The first-order chi connectivity index (χ1) is 10.1. The van der Waals surface area contributed by atoms with E-state index in [0.29, 0.717) is 25.3 Å². The second-order valence-corrected chi connectivity index (χ2v) is 5.95. The minimum absolute atomic E-state index is 0.399. The number of halogens is 3. The van der Waals surface area contributed by atoms with Crippen LogP contribution in [0, 0.1) is 11.6 Å². The number of benzene rings is 2. The molecule has 0 saturated carbocycles. The Morgan fingerprint density at radius 1 is 1.05 bits per heavy atom. The lowest BCUT2D eigenvalue weighted by Gasteiger charge is -2.10. The molecule has 2 nitrogen and oxygen atoms in total. The third-order valence-corrected chi connectivity index (χ3v) is 3.85. The summed E-state index contributed by atoms with van der Waals surface area (Å²) in [5, 5.41) is 3.20. The number of ether oxygens (including phenoxy) is 1. The highest BCUT2D eigenvalue weighted by molar-refractivity contribution is 9.10. The molecule has 0 bridgehead atoms. The molecule has 0 atom stereocenters. The first-order valence-corrected chi connectivity index (χ1v) is 7.51. The summed E-state index contributed by atoms with van der Waals surface area (Å²) < 4.78 is 32.9. The zero-order valence-electron chi connectivity index (χ0n) is 11.3. The van der Waals surface area contributed by atoms with Gasteiger partial charge in [-0.1, -0.05) is 15.9 Å². The molecule has 0 fully saturated rings. The van der Waals surface area contributed by atoms with Gasteiger partial charge in [0, 0.05) is 35.6 Å². The van der Waals surface area contributed by atoms with Gasteiger partial charge in [-0.15, -0.1) is 0 Å². The Labute approximate surface area is 130 Å². The summed E-state index contributed by atoms with van der Waals surface area (Å²) in [4.78, 5) is 0. The van der Waals surface area contributed by atoms with E-state index in [0.717, 1.165) is 28.3 Å². The molecule has 0 radical (unpaired) electrons. The van der Waals surface area contributed by atoms with Crippen molar-refractivity contribution in [1.29, 1.82) is 0 Å².